The molecule has 0 bridgehead atoms. The Balaban J connectivity index is 2.37. The van der Waals surface area contributed by atoms with E-state index >= 15 is 0 Å². The summed E-state index contributed by atoms with van der Waals surface area (Å²) in [4.78, 5) is 38.8. The monoisotopic (exact) mass is 359 g/mol. The molecule has 6 heteroatoms. The summed E-state index contributed by atoms with van der Waals surface area (Å²) in [5, 5.41) is 0. The number of aryl methyl sites for hydroxylation is 1. The average molecular weight is 359 g/mol. The van der Waals surface area contributed by atoms with Gasteiger partial charge < -0.3 is 9.47 Å². The zero-order valence-corrected chi connectivity index (χ0v) is 15.7. The van der Waals surface area contributed by atoms with E-state index in [9.17, 15) is 14.4 Å². The normalized spacial score (nSPS) is 20.0. The number of rotatable bonds is 4. The molecular weight excluding hydrogens is 334 g/mol. The number of amides is 2. The first-order chi connectivity index (χ1) is 12.2. The third-order valence-electron chi connectivity index (χ3n) is 4.07. The molecule has 2 rings (SSSR count). The van der Waals surface area contributed by atoms with Crippen LogP contribution in [0.4, 0.5) is 4.79 Å². The number of carbonyl (C=O) groups is 3. The molecule has 1 aliphatic rings. The van der Waals surface area contributed by atoms with E-state index in [2.05, 4.69) is 6.58 Å². The molecule has 0 spiro atoms. The van der Waals surface area contributed by atoms with E-state index < -0.39 is 35.5 Å². The van der Waals surface area contributed by atoms with Gasteiger partial charge in [0, 0.05) is 0 Å². The average Bonchev–Trinajstić information content (AvgIpc) is 2.89. The summed E-state index contributed by atoms with van der Waals surface area (Å²) < 4.78 is 10.4. The molecule has 0 saturated carbocycles. The summed E-state index contributed by atoms with van der Waals surface area (Å²) in [6.45, 7) is 10.6. The Morgan fingerprint density at radius 1 is 1.31 bits per heavy atom. The molecule has 0 radical (unpaired) electrons. The summed E-state index contributed by atoms with van der Waals surface area (Å²) in [7, 11) is 0. The maximum atomic E-state index is 12.8. The molecule has 1 unspecified atom stereocenters. The zero-order chi connectivity index (χ0) is 19.5. The minimum atomic E-state index is -1.04. The fourth-order valence-corrected chi connectivity index (χ4v) is 2.94. The van der Waals surface area contributed by atoms with E-state index in [1.54, 1.807) is 20.8 Å². The second-order valence-electron chi connectivity index (χ2n) is 7.27. The standard InChI is InChI=1S/C20H25NO5/c1-6-11-25-18(23)15-12-16(14-10-8-7-9-13(14)2)21(17(15)22)19(24)26-20(3,4)5/h6-10,15-16H,1,11-12H2,2-5H3/t15?,16-/m1/s1. The fourth-order valence-electron chi connectivity index (χ4n) is 2.94. The molecule has 0 N–H and O–H groups in total. The fraction of sp³-hybridized carbons (Fsp3) is 0.450. The number of esters is 1. The van der Waals surface area contributed by atoms with Crippen LogP contribution >= 0.6 is 0 Å². The third kappa shape index (κ3) is 4.31. The summed E-state index contributed by atoms with van der Waals surface area (Å²) in [6.07, 6.45) is 0.843. The van der Waals surface area contributed by atoms with Crippen molar-refractivity contribution in [3.8, 4) is 0 Å². The van der Waals surface area contributed by atoms with E-state index in [4.69, 9.17) is 9.47 Å². The molecule has 6 nitrogen and oxygen atoms in total. The molecule has 2 atom stereocenters. The lowest BCUT2D eigenvalue weighted by Gasteiger charge is -2.28. The van der Waals surface area contributed by atoms with Crippen molar-refractivity contribution >= 4 is 18.0 Å². The van der Waals surface area contributed by atoms with Crippen molar-refractivity contribution < 1.29 is 23.9 Å². The number of nitrogens with zero attached hydrogens (tertiary/aromatic N) is 1. The molecule has 0 aromatic heterocycles. The van der Waals surface area contributed by atoms with Gasteiger partial charge in [-0.15, -0.1) is 0 Å². The highest BCUT2D eigenvalue weighted by Crippen LogP contribution is 2.39. The molecule has 140 valence electrons. The van der Waals surface area contributed by atoms with E-state index in [1.807, 2.05) is 31.2 Å². The van der Waals surface area contributed by atoms with E-state index in [1.165, 1.54) is 6.08 Å². The second kappa shape index (κ2) is 7.72. The first kappa shape index (κ1) is 19.7. The predicted octanol–water partition coefficient (Wildman–Crippen LogP) is 3.55. The van der Waals surface area contributed by atoms with Gasteiger partial charge in [0.25, 0.3) is 0 Å². The first-order valence-corrected chi connectivity index (χ1v) is 8.55. The first-order valence-electron chi connectivity index (χ1n) is 8.55. The Bertz CT molecular complexity index is 719. The van der Waals surface area contributed by atoms with Gasteiger partial charge in [-0.3, -0.25) is 9.59 Å². The molecular formula is C20H25NO5. The smallest absolute Gasteiger partial charge is 0.417 e. The number of benzene rings is 1. The SMILES string of the molecule is C=CCOC(=O)C1C[C@H](c2ccccc2C)N(C(=O)OC(C)(C)C)C1=O. The van der Waals surface area contributed by atoms with Gasteiger partial charge in [-0.05, 0) is 45.2 Å². The Labute approximate surface area is 153 Å². The molecule has 1 fully saturated rings. The van der Waals surface area contributed by atoms with Crippen molar-refractivity contribution in [2.75, 3.05) is 6.61 Å². The van der Waals surface area contributed by atoms with Crippen molar-refractivity contribution in [3.63, 3.8) is 0 Å². The Morgan fingerprint density at radius 3 is 2.54 bits per heavy atom. The molecule has 2 amide bonds. The van der Waals surface area contributed by atoms with E-state index in [0.717, 1.165) is 16.0 Å². The van der Waals surface area contributed by atoms with Crippen LogP contribution in [0.5, 0.6) is 0 Å². The summed E-state index contributed by atoms with van der Waals surface area (Å²) in [5.74, 6) is -2.28. The molecule has 0 aliphatic carbocycles. The van der Waals surface area contributed by atoms with Crippen LogP contribution in [0.2, 0.25) is 0 Å². The summed E-state index contributed by atoms with van der Waals surface area (Å²) >= 11 is 0. The number of carbonyl (C=O) groups excluding carboxylic acids is 3. The molecule has 1 saturated heterocycles. The Morgan fingerprint density at radius 2 is 1.96 bits per heavy atom. The van der Waals surface area contributed by atoms with Crippen LogP contribution in [0.1, 0.15) is 44.4 Å². The van der Waals surface area contributed by atoms with Gasteiger partial charge in [-0.1, -0.05) is 36.9 Å². The maximum absolute atomic E-state index is 12.8. The van der Waals surface area contributed by atoms with Gasteiger partial charge in [0.15, 0.2) is 0 Å². The van der Waals surface area contributed by atoms with Crippen molar-refractivity contribution in [2.24, 2.45) is 5.92 Å². The molecule has 1 aromatic rings. The lowest BCUT2D eigenvalue weighted by Crippen LogP contribution is -2.41. The van der Waals surface area contributed by atoms with Crippen LogP contribution in [0.15, 0.2) is 36.9 Å². The lowest BCUT2D eigenvalue weighted by atomic mass is 9.96. The van der Waals surface area contributed by atoms with Crippen LogP contribution in [-0.4, -0.2) is 35.1 Å². The molecule has 1 aliphatic heterocycles. The zero-order valence-electron chi connectivity index (χ0n) is 15.7. The van der Waals surface area contributed by atoms with Crippen LogP contribution in [0.25, 0.3) is 0 Å². The van der Waals surface area contributed by atoms with Crippen molar-refractivity contribution in [1.82, 2.24) is 4.90 Å². The summed E-state index contributed by atoms with van der Waals surface area (Å²) in [5.41, 5.74) is 0.986. The van der Waals surface area contributed by atoms with E-state index in [-0.39, 0.29) is 13.0 Å². The number of likely N-dealkylation sites (tertiary alicyclic amines) is 1. The minimum Gasteiger partial charge on any atom is -0.461 e. The number of hydrogen-bond donors (Lipinski definition) is 0. The quantitative estimate of drug-likeness (QED) is 0.467. The molecule has 1 aromatic carbocycles. The largest absolute Gasteiger partial charge is 0.461 e. The topological polar surface area (TPSA) is 72.9 Å². The van der Waals surface area contributed by atoms with Crippen molar-refractivity contribution in [3.05, 3.63) is 48.0 Å². The van der Waals surface area contributed by atoms with Crippen LogP contribution < -0.4 is 0 Å². The van der Waals surface area contributed by atoms with Gasteiger partial charge in [-0.2, -0.15) is 0 Å². The van der Waals surface area contributed by atoms with Gasteiger partial charge >= 0.3 is 12.1 Å². The predicted molar refractivity (Wildman–Crippen MR) is 96.3 cm³/mol. The van der Waals surface area contributed by atoms with Crippen LogP contribution in [0, 0.1) is 12.8 Å². The second-order valence-corrected chi connectivity index (χ2v) is 7.27. The van der Waals surface area contributed by atoms with Gasteiger partial charge in [-0.25, -0.2) is 9.69 Å². The maximum Gasteiger partial charge on any atom is 0.417 e. The van der Waals surface area contributed by atoms with E-state index in [0.29, 0.717) is 0 Å². The van der Waals surface area contributed by atoms with Gasteiger partial charge in [0.2, 0.25) is 5.91 Å². The van der Waals surface area contributed by atoms with Crippen LogP contribution in [-0.2, 0) is 19.1 Å². The molecule has 26 heavy (non-hydrogen) atoms. The number of imide groups is 1. The minimum absolute atomic E-state index is 0.0179. The highest BCUT2D eigenvalue weighted by molar-refractivity contribution is 6.06. The van der Waals surface area contributed by atoms with Gasteiger partial charge in [0.05, 0.1) is 6.04 Å². The van der Waals surface area contributed by atoms with Crippen molar-refractivity contribution in [2.45, 2.75) is 45.8 Å². The van der Waals surface area contributed by atoms with Crippen LogP contribution in [0.3, 0.4) is 0 Å². The Kier molecular flexibility index (Phi) is 5.85. The van der Waals surface area contributed by atoms with Gasteiger partial charge in [0.1, 0.15) is 18.1 Å². The third-order valence-corrected chi connectivity index (χ3v) is 4.07. The lowest BCUT2D eigenvalue weighted by molar-refractivity contribution is -0.151. The summed E-state index contributed by atoms with van der Waals surface area (Å²) in [6, 6.07) is 6.89. The number of ether oxygens (including phenoxy) is 2. The molecule has 1 heterocycles. The Hall–Kier alpha value is -2.63. The highest BCUT2D eigenvalue weighted by Gasteiger charge is 2.49. The highest BCUT2D eigenvalue weighted by atomic mass is 16.6. The number of hydrogen-bond acceptors (Lipinski definition) is 5. The van der Waals surface area contributed by atoms with Crippen molar-refractivity contribution in [1.29, 1.82) is 0 Å².